The number of carbonyl (C=O) groups excluding carboxylic acids is 1. The third-order valence-electron chi connectivity index (χ3n) is 5.39. The van der Waals surface area contributed by atoms with Gasteiger partial charge in [-0.25, -0.2) is 4.98 Å². The Hall–Kier alpha value is -3.87. The first kappa shape index (κ1) is 21.4. The van der Waals surface area contributed by atoms with Gasteiger partial charge in [-0.3, -0.25) is 9.48 Å². The second kappa shape index (κ2) is 9.51. The minimum atomic E-state index is -0.294. The van der Waals surface area contributed by atoms with Crippen molar-refractivity contribution in [2.24, 2.45) is 7.05 Å². The quantitative estimate of drug-likeness (QED) is 0.462. The molecule has 1 amide bonds. The number of nitrogens with one attached hydrogen (secondary N) is 1. The van der Waals surface area contributed by atoms with Crippen LogP contribution in [0, 0.1) is 0 Å². The largest absolute Gasteiger partial charge is 0.493 e. The number of benzene rings is 2. The van der Waals surface area contributed by atoms with Crippen molar-refractivity contribution < 1.29 is 14.3 Å². The molecule has 0 unspecified atom stereocenters. The van der Waals surface area contributed by atoms with E-state index in [1.54, 1.807) is 31.2 Å². The highest BCUT2D eigenvalue weighted by Crippen LogP contribution is 2.28. The van der Waals surface area contributed by atoms with Crippen LogP contribution in [0.25, 0.3) is 11.0 Å². The van der Waals surface area contributed by atoms with Crippen LogP contribution in [0.15, 0.2) is 66.9 Å². The van der Waals surface area contributed by atoms with Crippen molar-refractivity contribution in [2.75, 3.05) is 14.2 Å². The molecule has 164 valence electrons. The van der Waals surface area contributed by atoms with Crippen LogP contribution < -0.4 is 14.8 Å². The average molecular weight is 431 g/mol. The van der Waals surface area contributed by atoms with Crippen molar-refractivity contribution in [3.8, 4) is 11.5 Å². The lowest BCUT2D eigenvalue weighted by molar-refractivity contribution is -0.121. The lowest BCUT2D eigenvalue weighted by Gasteiger charge is -2.18. The maximum atomic E-state index is 13.0. The molecular formula is C25H26N4O3. The van der Waals surface area contributed by atoms with E-state index < -0.39 is 0 Å². The van der Waals surface area contributed by atoms with Gasteiger partial charge in [0.15, 0.2) is 17.1 Å². The summed E-state index contributed by atoms with van der Waals surface area (Å²) in [6.07, 6.45) is 2.59. The molecule has 1 N–H and O–H groups in total. The number of fused-ring (bicyclic) bond motifs is 1. The summed E-state index contributed by atoms with van der Waals surface area (Å²) < 4.78 is 12.4. The maximum Gasteiger partial charge on any atom is 0.224 e. The molecule has 7 heteroatoms. The summed E-state index contributed by atoms with van der Waals surface area (Å²) in [5.41, 5.74) is 3.55. The molecule has 32 heavy (non-hydrogen) atoms. The van der Waals surface area contributed by atoms with Gasteiger partial charge in [-0.1, -0.05) is 36.4 Å². The lowest BCUT2D eigenvalue weighted by atomic mass is 10.0. The van der Waals surface area contributed by atoms with Gasteiger partial charge in [0, 0.05) is 18.6 Å². The predicted molar refractivity (Wildman–Crippen MR) is 123 cm³/mol. The molecular weight excluding hydrogens is 404 g/mol. The molecule has 2 aromatic carbocycles. The summed E-state index contributed by atoms with van der Waals surface area (Å²) in [6, 6.07) is 19.2. The first-order valence-corrected chi connectivity index (χ1v) is 10.4. The minimum Gasteiger partial charge on any atom is -0.493 e. The zero-order valence-electron chi connectivity index (χ0n) is 18.4. The van der Waals surface area contributed by atoms with Crippen LogP contribution >= 0.6 is 0 Å². The van der Waals surface area contributed by atoms with Crippen molar-refractivity contribution in [1.29, 1.82) is 0 Å². The van der Waals surface area contributed by atoms with Crippen LogP contribution in [0.1, 0.15) is 22.9 Å². The van der Waals surface area contributed by atoms with E-state index in [0.29, 0.717) is 17.9 Å². The summed E-state index contributed by atoms with van der Waals surface area (Å²) in [5, 5.41) is 8.82. The Bertz CT molecular complexity index is 1220. The van der Waals surface area contributed by atoms with Gasteiger partial charge in [0.25, 0.3) is 0 Å². The first-order chi connectivity index (χ1) is 15.6. The molecule has 2 heterocycles. The van der Waals surface area contributed by atoms with Gasteiger partial charge < -0.3 is 14.8 Å². The second-order valence-corrected chi connectivity index (χ2v) is 7.56. The molecule has 2 aromatic heterocycles. The van der Waals surface area contributed by atoms with Gasteiger partial charge >= 0.3 is 0 Å². The minimum absolute atomic E-state index is 0.0964. The van der Waals surface area contributed by atoms with Gasteiger partial charge in [-0.15, -0.1) is 0 Å². The molecule has 4 rings (SSSR count). The number of nitrogens with zero attached hydrogens (tertiary/aromatic N) is 3. The molecule has 0 aliphatic carbocycles. The monoisotopic (exact) mass is 430 g/mol. The Labute approximate surface area is 187 Å². The van der Waals surface area contributed by atoms with E-state index in [9.17, 15) is 4.79 Å². The number of ether oxygens (including phenoxy) is 2. The second-order valence-electron chi connectivity index (χ2n) is 7.56. The highest BCUT2D eigenvalue weighted by molar-refractivity contribution is 5.82. The van der Waals surface area contributed by atoms with Crippen LogP contribution in [0.4, 0.5) is 0 Å². The molecule has 0 saturated heterocycles. The van der Waals surface area contributed by atoms with Crippen LogP contribution in [-0.4, -0.2) is 34.9 Å². The number of pyridine rings is 1. The fraction of sp³-hybridized carbons (Fsp3) is 0.240. The number of carbonyl (C=O) groups is 1. The molecule has 0 spiro atoms. The van der Waals surface area contributed by atoms with E-state index in [1.165, 1.54) is 0 Å². The highest BCUT2D eigenvalue weighted by Gasteiger charge is 2.22. The number of aromatic nitrogens is 3. The van der Waals surface area contributed by atoms with E-state index in [4.69, 9.17) is 14.6 Å². The summed E-state index contributed by atoms with van der Waals surface area (Å²) in [5.74, 6) is 1.13. The zero-order valence-corrected chi connectivity index (χ0v) is 18.4. The van der Waals surface area contributed by atoms with Gasteiger partial charge in [0.1, 0.15) is 0 Å². The third-order valence-corrected chi connectivity index (χ3v) is 5.39. The van der Waals surface area contributed by atoms with E-state index in [2.05, 4.69) is 22.4 Å². The standard InChI is InChI=1S/C25H26N4O3/c1-29-25-19(10-7-13-26-25)24(28-29)20(14-17-8-5-4-6-9-17)27-23(30)16-18-11-12-21(31-2)22(15-18)32-3/h4-13,15,20H,14,16H2,1-3H3,(H,27,30)/t20-/m0/s1. The van der Waals surface area contributed by atoms with E-state index in [-0.39, 0.29) is 18.4 Å². The predicted octanol–water partition coefficient (Wildman–Crippen LogP) is 3.63. The van der Waals surface area contributed by atoms with E-state index >= 15 is 0 Å². The summed E-state index contributed by atoms with van der Waals surface area (Å²) >= 11 is 0. The summed E-state index contributed by atoms with van der Waals surface area (Å²) in [6.45, 7) is 0. The van der Waals surface area contributed by atoms with Gasteiger partial charge in [-0.2, -0.15) is 5.10 Å². The topological polar surface area (TPSA) is 78.3 Å². The number of rotatable bonds is 8. The van der Waals surface area contributed by atoms with Crippen molar-refractivity contribution in [2.45, 2.75) is 18.9 Å². The normalized spacial score (nSPS) is 11.8. The number of hydrogen-bond acceptors (Lipinski definition) is 5. The molecule has 0 radical (unpaired) electrons. The van der Waals surface area contributed by atoms with Crippen LogP contribution in [-0.2, 0) is 24.7 Å². The lowest BCUT2D eigenvalue weighted by Crippen LogP contribution is -2.31. The zero-order chi connectivity index (χ0) is 22.5. The summed E-state index contributed by atoms with van der Waals surface area (Å²) in [4.78, 5) is 17.5. The van der Waals surface area contributed by atoms with Gasteiger partial charge in [0.2, 0.25) is 5.91 Å². The van der Waals surface area contributed by atoms with Crippen molar-refractivity contribution in [3.05, 3.63) is 83.7 Å². The molecule has 0 aliphatic rings. The fourth-order valence-corrected chi connectivity index (χ4v) is 3.86. The third kappa shape index (κ3) is 4.56. The Morgan fingerprint density at radius 1 is 1.00 bits per heavy atom. The van der Waals surface area contributed by atoms with Gasteiger partial charge in [0.05, 0.1) is 32.4 Å². The van der Waals surface area contributed by atoms with Crippen LogP contribution in [0.2, 0.25) is 0 Å². The Morgan fingerprint density at radius 3 is 2.53 bits per heavy atom. The van der Waals surface area contributed by atoms with E-state index in [0.717, 1.165) is 27.9 Å². The molecule has 7 nitrogen and oxygen atoms in total. The molecule has 0 saturated carbocycles. The molecule has 0 bridgehead atoms. The summed E-state index contributed by atoms with van der Waals surface area (Å²) in [7, 11) is 5.03. The SMILES string of the molecule is COc1ccc(CC(=O)N[C@@H](Cc2ccccc2)c2nn(C)c3ncccc23)cc1OC. The fourth-order valence-electron chi connectivity index (χ4n) is 3.86. The molecule has 1 atom stereocenters. The van der Waals surface area contributed by atoms with Crippen molar-refractivity contribution in [1.82, 2.24) is 20.1 Å². The maximum absolute atomic E-state index is 13.0. The first-order valence-electron chi connectivity index (χ1n) is 10.4. The molecule has 4 aromatic rings. The van der Waals surface area contributed by atoms with Crippen molar-refractivity contribution in [3.63, 3.8) is 0 Å². The molecule has 0 aliphatic heterocycles. The highest BCUT2D eigenvalue weighted by atomic mass is 16.5. The number of hydrogen-bond donors (Lipinski definition) is 1. The van der Waals surface area contributed by atoms with Gasteiger partial charge in [-0.05, 0) is 41.8 Å². The smallest absolute Gasteiger partial charge is 0.224 e. The Balaban J connectivity index is 1.61. The average Bonchev–Trinajstić information content (AvgIpc) is 3.16. The van der Waals surface area contributed by atoms with Crippen LogP contribution in [0.5, 0.6) is 11.5 Å². The van der Waals surface area contributed by atoms with Crippen LogP contribution in [0.3, 0.4) is 0 Å². The van der Waals surface area contributed by atoms with Crippen molar-refractivity contribution >= 4 is 16.9 Å². The number of methoxy groups -OCH3 is 2. The Kier molecular flexibility index (Phi) is 6.35. The number of aryl methyl sites for hydroxylation is 1. The Morgan fingerprint density at radius 2 is 1.78 bits per heavy atom. The molecule has 0 fully saturated rings. The number of amides is 1. The van der Waals surface area contributed by atoms with E-state index in [1.807, 2.05) is 49.5 Å².